The summed E-state index contributed by atoms with van der Waals surface area (Å²) >= 11 is 1.55. The second-order valence-electron chi connectivity index (χ2n) is 5.08. The minimum Gasteiger partial charge on any atom is -0.282 e. The fourth-order valence-corrected chi connectivity index (χ4v) is 3.43. The highest BCUT2D eigenvalue weighted by Gasteiger charge is 2.18. The molecular weight excluding hydrogens is 228 g/mol. The van der Waals surface area contributed by atoms with Gasteiger partial charge in [-0.05, 0) is 31.3 Å². The average molecular weight is 254 g/mol. The van der Waals surface area contributed by atoms with E-state index >= 15 is 0 Å². The van der Waals surface area contributed by atoms with Crippen LogP contribution >= 0.6 is 11.8 Å². The Morgan fingerprint density at radius 2 is 1.88 bits per heavy atom. The Labute approximate surface area is 110 Å². The van der Waals surface area contributed by atoms with Gasteiger partial charge in [-0.25, -0.2) is 0 Å². The summed E-state index contributed by atoms with van der Waals surface area (Å²) in [7, 11) is 0. The average Bonchev–Trinajstić information content (AvgIpc) is 2.35. The first kappa shape index (κ1) is 14.8. The van der Waals surface area contributed by atoms with E-state index in [1.807, 2.05) is 0 Å². The van der Waals surface area contributed by atoms with Crippen molar-refractivity contribution in [3.05, 3.63) is 12.2 Å². The summed E-state index contributed by atoms with van der Waals surface area (Å²) in [5.74, 6) is 0. The largest absolute Gasteiger partial charge is 0.282 e. The van der Waals surface area contributed by atoms with Crippen LogP contribution in [0.3, 0.4) is 0 Å². The smallest absolute Gasteiger partial charge is 0.215 e. The molecule has 1 aliphatic rings. The predicted octanol–water partition coefficient (Wildman–Crippen LogP) is 5.11. The third-order valence-electron chi connectivity index (χ3n) is 3.45. The van der Waals surface area contributed by atoms with E-state index in [1.54, 1.807) is 11.8 Å². The van der Waals surface area contributed by atoms with Crippen LogP contribution in [0.5, 0.6) is 0 Å². The van der Waals surface area contributed by atoms with E-state index in [0.717, 1.165) is 18.4 Å². The van der Waals surface area contributed by atoms with Crippen LogP contribution in [0.15, 0.2) is 12.2 Å². The van der Waals surface area contributed by atoms with Crippen molar-refractivity contribution in [1.82, 2.24) is 0 Å². The zero-order chi connectivity index (χ0) is 12.5. The van der Waals surface area contributed by atoms with Gasteiger partial charge in [0, 0.05) is 5.25 Å². The Morgan fingerprint density at radius 1 is 1.18 bits per heavy atom. The minimum atomic E-state index is 0.258. The van der Waals surface area contributed by atoms with Gasteiger partial charge in [0.1, 0.15) is 0 Å². The van der Waals surface area contributed by atoms with Crippen LogP contribution in [0, 0.1) is 0 Å². The van der Waals surface area contributed by atoms with Gasteiger partial charge < -0.3 is 0 Å². The second kappa shape index (κ2) is 8.79. The molecule has 1 nitrogen and oxygen atoms in total. The molecule has 0 aliphatic heterocycles. The van der Waals surface area contributed by atoms with Crippen LogP contribution in [0.4, 0.5) is 0 Å². The number of hydrogen-bond acceptors (Lipinski definition) is 2. The van der Waals surface area contributed by atoms with Crippen molar-refractivity contribution in [3.8, 4) is 0 Å². The number of hydrogen-bond donors (Lipinski definition) is 0. The summed E-state index contributed by atoms with van der Waals surface area (Å²) in [6.07, 6.45) is 12.2. The lowest BCUT2D eigenvalue weighted by Crippen LogP contribution is -2.12. The van der Waals surface area contributed by atoms with Crippen LogP contribution in [0.2, 0.25) is 0 Å². The normalized spacial score (nSPS) is 17.0. The van der Waals surface area contributed by atoms with Crippen LogP contribution in [0.25, 0.3) is 0 Å². The summed E-state index contributed by atoms with van der Waals surface area (Å²) in [6.45, 7) is 6.15. The first-order valence-electron chi connectivity index (χ1n) is 7.12. The third kappa shape index (κ3) is 6.30. The second-order valence-corrected chi connectivity index (χ2v) is 6.35. The highest BCUT2D eigenvalue weighted by Crippen LogP contribution is 2.30. The number of carbonyl (C=O) groups is 1. The van der Waals surface area contributed by atoms with E-state index in [-0.39, 0.29) is 5.12 Å². The monoisotopic (exact) mass is 254 g/mol. The van der Waals surface area contributed by atoms with E-state index < -0.39 is 0 Å². The zero-order valence-electron chi connectivity index (χ0n) is 11.2. The van der Waals surface area contributed by atoms with Crippen molar-refractivity contribution in [1.29, 1.82) is 0 Å². The van der Waals surface area contributed by atoms with E-state index in [2.05, 4.69) is 13.5 Å². The van der Waals surface area contributed by atoms with Gasteiger partial charge in [0.2, 0.25) is 5.12 Å². The first-order valence-corrected chi connectivity index (χ1v) is 8.00. The van der Waals surface area contributed by atoms with Crippen LogP contribution in [-0.2, 0) is 4.79 Å². The van der Waals surface area contributed by atoms with Crippen LogP contribution in [-0.4, -0.2) is 10.4 Å². The van der Waals surface area contributed by atoms with E-state index in [9.17, 15) is 4.79 Å². The molecule has 1 rings (SSSR count). The van der Waals surface area contributed by atoms with E-state index in [1.165, 1.54) is 51.4 Å². The van der Waals surface area contributed by atoms with Gasteiger partial charge in [-0.2, -0.15) is 0 Å². The fraction of sp³-hybridized carbons (Fsp3) is 0.800. The van der Waals surface area contributed by atoms with Crippen molar-refractivity contribution in [3.63, 3.8) is 0 Å². The molecule has 2 heteroatoms. The number of unbranched alkanes of at least 4 members (excludes halogenated alkanes) is 3. The van der Waals surface area contributed by atoms with Gasteiger partial charge in [-0.15, -0.1) is 0 Å². The Balaban J connectivity index is 2.15. The maximum absolute atomic E-state index is 11.9. The molecule has 1 saturated carbocycles. The van der Waals surface area contributed by atoms with Crippen molar-refractivity contribution < 1.29 is 4.79 Å². The molecule has 98 valence electrons. The lowest BCUT2D eigenvalue weighted by molar-refractivity contribution is -0.108. The lowest BCUT2D eigenvalue weighted by Gasteiger charge is -2.20. The summed E-state index contributed by atoms with van der Waals surface area (Å²) in [5, 5.41) is 0.831. The van der Waals surface area contributed by atoms with Gasteiger partial charge in [-0.1, -0.05) is 63.8 Å². The minimum absolute atomic E-state index is 0.258. The third-order valence-corrected chi connectivity index (χ3v) is 4.75. The summed E-state index contributed by atoms with van der Waals surface area (Å²) in [4.78, 5) is 11.9. The molecule has 0 aromatic carbocycles. The molecule has 0 atom stereocenters. The van der Waals surface area contributed by atoms with Crippen LogP contribution in [0.1, 0.15) is 71.1 Å². The Bertz CT molecular complexity index is 241. The Morgan fingerprint density at radius 3 is 2.53 bits per heavy atom. The molecule has 0 spiro atoms. The van der Waals surface area contributed by atoms with E-state index in [4.69, 9.17) is 0 Å². The lowest BCUT2D eigenvalue weighted by atomic mass is 10.0. The maximum atomic E-state index is 11.9. The van der Waals surface area contributed by atoms with Crippen molar-refractivity contribution >= 4 is 16.9 Å². The molecule has 1 aliphatic carbocycles. The summed E-state index contributed by atoms with van der Waals surface area (Å²) < 4.78 is 0. The van der Waals surface area contributed by atoms with Gasteiger partial charge >= 0.3 is 0 Å². The van der Waals surface area contributed by atoms with E-state index in [0.29, 0.717) is 5.25 Å². The standard InChI is InChI=1S/C15H26OS/c1-3-4-5-7-10-13(2)15(16)17-14-11-8-6-9-12-14/h14H,2-12H2,1H3. The molecule has 0 saturated heterocycles. The molecule has 0 aromatic heterocycles. The van der Waals surface area contributed by atoms with Gasteiger partial charge in [0.25, 0.3) is 0 Å². The molecule has 0 heterocycles. The number of rotatable bonds is 7. The molecule has 0 unspecified atom stereocenters. The molecule has 1 fully saturated rings. The summed E-state index contributed by atoms with van der Waals surface area (Å²) in [5.41, 5.74) is 0.844. The Hall–Kier alpha value is -0.240. The first-order chi connectivity index (χ1) is 8.24. The highest BCUT2D eigenvalue weighted by molar-refractivity contribution is 8.14. The van der Waals surface area contributed by atoms with Crippen LogP contribution < -0.4 is 0 Å². The highest BCUT2D eigenvalue weighted by atomic mass is 32.2. The topological polar surface area (TPSA) is 17.1 Å². The molecular formula is C15H26OS. The molecule has 0 N–H and O–H groups in total. The van der Waals surface area contributed by atoms with Gasteiger partial charge in [0.15, 0.2) is 0 Å². The predicted molar refractivity (Wildman–Crippen MR) is 77.4 cm³/mol. The number of carbonyl (C=O) groups excluding carboxylic acids is 1. The Kier molecular flexibility index (Phi) is 7.67. The molecule has 0 aromatic rings. The SMILES string of the molecule is C=C(CCCCCC)C(=O)SC1CCCCC1. The van der Waals surface area contributed by atoms with Crippen molar-refractivity contribution in [2.45, 2.75) is 76.4 Å². The molecule has 0 radical (unpaired) electrons. The van der Waals surface area contributed by atoms with Crippen molar-refractivity contribution in [2.24, 2.45) is 0 Å². The molecule has 17 heavy (non-hydrogen) atoms. The number of thioether (sulfide) groups is 1. The quantitative estimate of drug-likeness (QED) is 0.464. The zero-order valence-corrected chi connectivity index (χ0v) is 12.0. The summed E-state index contributed by atoms with van der Waals surface area (Å²) in [6, 6.07) is 0. The van der Waals surface area contributed by atoms with Crippen molar-refractivity contribution in [2.75, 3.05) is 0 Å². The molecule has 0 bridgehead atoms. The van der Waals surface area contributed by atoms with Gasteiger partial charge in [0.05, 0.1) is 0 Å². The van der Waals surface area contributed by atoms with Gasteiger partial charge in [-0.3, -0.25) is 4.79 Å². The maximum Gasteiger partial charge on any atom is 0.215 e. The fourth-order valence-electron chi connectivity index (χ4n) is 2.28. The molecule has 0 amide bonds.